The molecule has 5 heteroatoms. The third kappa shape index (κ3) is 4.00. The summed E-state index contributed by atoms with van der Waals surface area (Å²) in [4.78, 5) is 0. The highest BCUT2D eigenvalue weighted by Gasteiger charge is 2.15. The summed E-state index contributed by atoms with van der Waals surface area (Å²) >= 11 is 0. The van der Waals surface area contributed by atoms with Crippen molar-refractivity contribution in [3.63, 3.8) is 0 Å². The number of rotatable bonds is 6. The normalized spacial score (nSPS) is 18.8. The van der Waals surface area contributed by atoms with E-state index in [1.807, 2.05) is 6.92 Å². The van der Waals surface area contributed by atoms with Gasteiger partial charge in [-0.25, -0.2) is 4.39 Å². The van der Waals surface area contributed by atoms with E-state index in [-0.39, 0.29) is 5.75 Å². The summed E-state index contributed by atoms with van der Waals surface area (Å²) in [7, 11) is 0. The Morgan fingerprint density at radius 3 is 3.05 bits per heavy atom. The molecule has 1 aromatic carbocycles. The SMILES string of the molecule is CCCOc1cc(NCC2CCCOC2)c(N)cc1F. The first kappa shape index (κ1) is 14.9. The van der Waals surface area contributed by atoms with Crippen molar-refractivity contribution in [2.24, 2.45) is 5.92 Å². The molecule has 0 saturated carbocycles. The first-order valence-electron chi connectivity index (χ1n) is 7.24. The molecule has 0 spiro atoms. The van der Waals surface area contributed by atoms with Crippen molar-refractivity contribution in [3.05, 3.63) is 17.9 Å². The van der Waals surface area contributed by atoms with Gasteiger partial charge < -0.3 is 20.5 Å². The van der Waals surface area contributed by atoms with Crippen LogP contribution in [-0.2, 0) is 4.74 Å². The Hall–Kier alpha value is -1.49. The fourth-order valence-corrected chi connectivity index (χ4v) is 2.27. The summed E-state index contributed by atoms with van der Waals surface area (Å²) in [5.41, 5.74) is 6.98. The summed E-state index contributed by atoms with van der Waals surface area (Å²) in [6, 6.07) is 2.95. The maximum Gasteiger partial charge on any atom is 0.167 e. The number of hydrogen-bond donors (Lipinski definition) is 2. The lowest BCUT2D eigenvalue weighted by Crippen LogP contribution is -2.24. The van der Waals surface area contributed by atoms with Gasteiger partial charge in [0.05, 0.1) is 24.6 Å². The van der Waals surface area contributed by atoms with Gasteiger partial charge >= 0.3 is 0 Å². The zero-order chi connectivity index (χ0) is 14.4. The van der Waals surface area contributed by atoms with E-state index in [4.69, 9.17) is 15.2 Å². The minimum absolute atomic E-state index is 0.253. The molecule has 0 radical (unpaired) electrons. The van der Waals surface area contributed by atoms with Crippen LogP contribution in [0.5, 0.6) is 5.75 Å². The van der Waals surface area contributed by atoms with Gasteiger partial charge in [-0.1, -0.05) is 6.92 Å². The average molecular weight is 282 g/mol. The lowest BCUT2D eigenvalue weighted by Gasteiger charge is -2.23. The van der Waals surface area contributed by atoms with Crippen LogP contribution in [0.1, 0.15) is 26.2 Å². The number of ether oxygens (including phenoxy) is 2. The second kappa shape index (κ2) is 7.33. The zero-order valence-electron chi connectivity index (χ0n) is 12.0. The van der Waals surface area contributed by atoms with E-state index < -0.39 is 5.82 Å². The van der Waals surface area contributed by atoms with Gasteiger partial charge in [0.15, 0.2) is 11.6 Å². The molecule has 1 saturated heterocycles. The number of hydrogen-bond acceptors (Lipinski definition) is 4. The molecule has 1 aliphatic heterocycles. The van der Waals surface area contributed by atoms with Gasteiger partial charge in [0, 0.05) is 25.3 Å². The van der Waals surface area contributed by atoms with Crippen LogP contribution >= 0.6 is 0 Å². The van der Waals surface area contributed by atoms with E-state index >= 15 is 0 Å². The predicted molar refractivity (Wildman–Crippen MR) is 78.6 cm³/mol. The fourth-order valence-electron chi connectivity index (χ4n) is 2.27. The summed E-state index contributed by atoms with van der Waals surface area (Å²) in [5.74, 6) is 0.319. The van der Waals surface area contributed by atoms with Crippen LogP contribution in [0, 0.1) is 11.7 Å². The van der Waals surface area contributed by atoms with Gasteiger partial charge in [-0.3, -0.25) is 0 Å². The number of nitrogen functional groups attached to an aromatic ring is 1. The molecule has 3 N–H and O–H groups in total. The number of benzene rings is 1. The van der Waals surface area contributed by atoms with Gasteiger partial charge in [-0.15, -0.1) is 0 Å². The number of nitrogens with one attached hydrogen (secondary N) is 1. The maximum absolute atomic E-state index is 13.7. The molecule has 4 nitrogen and oxygen atoms in total. The zero-order valence-corrected chi connectivity index (χ0v) is 12.0. The first-order chi connectivity index (χ1) is 9.70. The Kier molecular flexibility index (Phi) is 5.47. The fraction of sp³-hybridized carbons (Fsp3) is 0.600. The molecule has 2 rings (SSSR count). The molecule has 0 amide bonds. The van der Waals surface area contributed by atoms with Gasteiger partial charge in [-0.2, -0.15) is 0 Å². The minimum atomic E-state index is -0.414. The van der Waals surface area contributed by atoms with Crippen LogP contribution < -0.4 is 15.8 Å². The lowest BCUT2D eigenvalue weighted by atomic mass is 10.0. The molecule has 1 aliphatic rings. The Morgan fingerprint density at radius 1 is 1.50 bits per heavy atom. The van der Waals surface area contributed by atoms with Gasteiger partial charge in [0.1, 0.15) is 0 Å². The van der Waals surface area contributed by atoms with Crippen molar-refractivity contribution < 1.29 is 13.9 Å². The third-order valence-corrected chi connectivity index (χ3v) is 3.40. The molecular weight excluding hydrogens is 259 g/mol. The van der Waals surface area contributed by atoms with Crippen LogP contribution in [0.3, 0.4) is 0 Å². The van der Waals surface area contributed by atoms with E-state index in [0.717, 1.165) is 44.7 Å². The topological polar surface area (TPSA) is 56.5 Å². The van der Waals surface area contributed by atoms with Crippen molar-refractivity contribution in [2.45, 2.75) is 26.2 Å². The van der Waals surface area contributed by atoms with Crippen LogP contribution in [0.4, 0.5) is 15.8 Å². The highest BCUT2D eigenvalue weighted by Crippen LogP contribution is 2.29. The molecule has 1 aromatic rings. The third-order valence-electron chi connectivity index (χ3n) is 3.40. The highest BCUT2D eigenvalue weighted by atomic mass is 19.1. The van der Waals surface area contributed by atoms with Gasteiger partial charge in [0.25, 0.3) is 0 Å². The molecule has 0 aromatic heterocycles. The molecule has 1 unspecified atom stereocenters. The smallest absolute Gasteiger partial charge is 0.167 e. The molecule has 1 atom stereocenters. The van der Waals surface area contributed by atoms with Crippen molar-refractivity contribution in [1.82, 2.24) is 0 Å². The van der Waals surface area contributed by atoms with Crippen molar-refractivity contribution in [1.29, 1.82) is 0 Å². The van der Waals surface area contributed by atoms with Gasteiger partial charge in [0.2, 0.25) is 0 Å². The number of anilines is 2. The average Bonchev–Trinajstić information content (AvgIpc) is 2.46. The summed E-state index contributed by atoms with van der Waals surface area (Å²) < 4.78 is 24.5. The molecule has 112 valence electrons. The Balaban J connectivity index is 1.98. The highest BCUT2D eigenvalue weighted by molar-refractivity contribution is 5.68. The van der Waals surface area contributed by atoms with Crippen molar-refractivity contribution in [3.8, 4) is 5.75 Å². The largest absolute Gasteiger partial charge is 0.490 e. The summed E-state index contributed by atoms with van der Waals surface area (Å²) in [5, 5.41) is 3.28. The molecule has 20 heavy (non-hydrogen) atoms. The summed E-state index contributed by atoms with van der Waals surface area (Å²) in [6.07, 6.45) is 3.08. The van der Waals surface area contributed by atoms with E-state index in [2.05, 4.69) is 5.32 Å². The first-order valence-corrected chi connectivity index (χ1v) is 7.24. The van der Waals surface area contributed by atoms with Crippen LogP contribution in [0.15, 0.2) is 12.1 Å². The second-order valence-corrected chi connectivity index (χ2v) is 5.18. The number of nitrogens with two attached hydrogens (primary N) is 1. The monoisotopic (exact) mass is 282 g/mol. The predicted octanol–water partition coefficient (Wildman–Crippen LogP) is 3.04. The quantitative estimate of drug-likeness (QED) is 0.787. The Morgan fingerprint density at radius 2 is 2.35 bits per heavy atom. The summed E-state index contributed by atoms with van der Waals surface area (Å²) in [6.45, 7) is 4.88. The van der Waals surface area contributed by atoms with Crippen molar-refractivity contribution in [2.75, 3.05) is 37.4 Å². The lowest BCUT2D eigenvalue weighted by molar-refractivity contribution is 0.0595. The van der Waals surface area contributed by atoms with Crippen LogP contribution in [-0.4, -0.2) is 26.4 Å². The van der Waals surface area contributed by atoms with E-state index in [1.165, 1.54) is 6.07 Å². The number of halogens is 1. The molecule has 0 bridgehead atoms. The van der Waals surface area contributed by atoms with Gasteiger partial charge in [-0.05, 0) is 25.2 Å². The molecule has 0 aliphatic carbocycles. The standard InChI is InChI=1S/C15H23FN2O2/c1-2-5-20-15-8-14(13(17)7-12(15)16)18-9-11-4-3-6-19-10-11/h7-8,11,18H,2-6,9-10,17H2,1H3. The Bertz CT molecular complexity index is 434. The molecule has 1 heterocycles. The second-order valence-electron chi connectivity index (χ2n) is 5.18. The van der Waals surface area contributed by atoms with Crippen LogP contribution in [0.25, 0.3) is 0 Å². The maximum atomic E-state index is 13.7. The van der Waals surface area contributed by atoms with E-state index in [9.17, 15) is 4.39 Å². The Labute approximate surface area is 119 Å². The minimum Gasteiger partial charge on any atom is -0.490 e. The van der Waals surface area contributed by atoms with Crippen molar-refractivity contribution >= 4 is 11.4 Å². The van der Waals surface area contributed by atoms with Crippen LogP contribution in [0.2, 0.25) is 0 Å². The molecule has 1 fully saturated rings. The van der Waals surface area contributed by atoms with E-state index in [0.29, 0.717) is 18.2 Å². The molecular formula is C15H23FN2O2. The van der Waals surface area contributed by atoms with E-state index in [1.54, 1.807) is 6.07 Å².